The fourth-order valence-electron chi connectivity index (χ4n) is 3.02. The van der Waals surface area contributed by atoms with Gasteiger partial charge in [0.2, 0.25) is 0 Å². The van der Waals surface area contributed by atoms with E-state index >= 15 is 0 Å². The van der Waals surface area contributed by atoms with E-state index in [1.807, 2.05) is 26.0 Å². The van der Waals surface area contributed by atoms with E-state index in [2.05, 4.69) is 22.0 Å². The van der Waals surface area contributed by atoms with E-state index in [4.69, 9.17) is 9.15 Å². The molecule has 0 saturated heterocycles. The fourth-order valence-corrected chi connectivity index (χ4v) is 3.55. The number of hydrogen-bond donors (Lipinski definition) is 0. The number of aryl methyl sites for hydroxylation is 3. The molecule has 116 valence electrons. The maximum Gasteiger partial charge on any atom is 0.263 e. The third kappa shape index (κ3) is 2.33. The van der Waals surface area contributed by atoms with E-state index < -0.39 is 0 Å². The Morgan fingerprint density at radius 1 is 1.32 bits per heavy atom. The number of ether oxygens (including phenoxy) is 1. The highest BCUT2D eigenvalue weighted by molar-refractivity contribution is 9.10. The van der Waals surface area contributed by atoms with E-state index in [0.717, 1.165) is 40.1 Å². The van der Waals surface area contributed by atoms with Crippen LogP contribution in [0.1, 0.15) is 33.9 Å². The third-order valence-electron chi connectivity index (χ3n) is 4.05. The van der Waals surface area contributed by atoms with Crippen molar-refractivity contribution in [1.82, 2.24) is 0 Å². The monoisotopic (exact) mass is 363 g/mol. The van der Waals surface area contributed by atoms with Crippen molar-refractivity contribution in [3.63, 3.8) is 0 Å². The number of fused-ring (bicyclic) bond motifs is 1. The Hall–Kier alpha value is -1.75. The molecule has 0 spiro atoms. The van der Waals surface area contributed by atoms with E-state index in [1.54, 1.807) is 12.0 Å². The zero-order valence-electron chi connectivity index (χ0n) is 12.9. The van der Waals surface area contributed by atoms with Crippen LogP contribution in [-0.2, 0) is 6.42 Å². The van der Waals surface area contributed by atoms with Crippen LogP contribution in [0.3, 0.4) is 0 Å². The summed E-state index contributed by atoms with van der Waals surface area (Å²) in [5.74, 6) is 2.04. The minimum atomic E-state index is -0.0494. The lowest BCUT2D eigenvalue weighted by Crippen LogP contribution is -2.36. The molecular formula is C17H18BrNO3. The Bertz CT molecular complexity index is 721. The predicted octanol–water partition coefficient (Wildman–Crippen LogP) is 4.26. The Morgan fingerprint density at radius 3 is 2.73 bits per heavy atom. The Kier molecular flexibility index (Phi) is 4.00. The summed E-state index contributed by atoms with van der Waals surface area (Å²) in [6, 6.07) is 5.92. The molecule has 2 aromatic rings. The Balaban J connectivity index is 2.09. The Labute approximate surface area is 138 Å². The number of furan rings is 1. The number of anilines is 1. The van der Waals surface area contributed by atoms with Crippen LogP contribution in [0.15, 0.2) is 27.1 Å². The van der Waals surface area contributed by atoms with Crippen molar-refractivity contribution in [1.29, 1.82) is 0 Å². The second kappa shape index (κ2) is 5.80. The van der Waals surface area contributed by atoms with Crippen LogP contribution in [0.2, 0.25) is 0 Å². The molecule has 2 heterocycles. The van der Waals surface area contributed by atoms with Gasteiger partial charge in [-0.1, -0.05) is 12.1 Å². The first kappa shape index (κ1) is 15.2. The van der Waals surface area contributed by atoms with Crippen LogP contribution in [-0.4, -0.2) is 19.6 Å². The molecule has 1 aromatic heterocycles. The van der Waals surface area contributed by atoms with Gasteiger partial charge in [-0.2, -0.15) is 0 Å². The Morgan fingerprint density at radius 2 is 2.09 bits per heavy atom. The maximum atomic E-state index is 13.1. The van der Waals surface area contributed by atoms with Crippen molar-refractivity contribution < 1.29 is 13.9 Å². The first-order valence-electron chi connectivity index (χ1n) is 7.27. The minimum Gasteiger partial charge on any atom is -0.495 e. The zero-order chi connectivity index (χ0) is 15.9. The quantitative estimate of drug-likeness (QED) is 0.800. The summed E-state index contributed by atoms with van der Waals surface area (Å²) in [5.41, 5.74) is 2.62. The first-order valence-corrected chi connectivity index (χ1v) is 8.07. The molecule has 1 amide bonds. The van der Waals surface area contributed by atoms with Crippen LogP contribution in [0.4, 0.5) is 5.69 Å². The lowest BCUT2D eigenvalue weighted by atomic mass is 10.00. The average molecular weight is 364 g/mol. The lowest BCUT2D eigenvalue weighted by molar-refractivity contribution is 0.0982. The van der Waals surface area contributed by atoms with Gasteiger partial charge in [-0.25, -0.2) is 0 Å². The normalized spacial score (nSPS) is 13.9. The molecule has 0 N–H and O–H groups in total. The average Bonchev–Trinajstić information content (AvgIpc) is 2.78. The molecular weight excluding hydrogens is 346 g/mol. The number of halogens is 1. The van der Waals surface area contributed by atoms with Crippen molar-refractivity contribution in [2.45, 2.75) is 26.7 Å². The number of rotatable bonds is 2. The highest BCUT2D eigenvalue weighted by atomic mass is 79.9. The first-order chi connectivity index (χ1) is 10.5. The summed E-state index contributed by atoms with van der Waals surface area (Å²) >= 11 is 3.47. The van der Waals surface area contributed by atoms with E-state index in [0.29, 0.717) is 17.9 Å². The second-order valence-electron chi connectivity index (χ2n) is 5.43. The number of carbonyl (C=O) groups is 1. The van der Waals surface area contributed by atoms with Gasteiger partial charge in [0.15, 0.2) is 0 Å². The maximum absolute atomic E-state index is 13.1. The molecule has 1 aliphatic rings. The fraction of sp³-hybridized carbons (Fsp3) is 0.353. The number of nitrogens with zero attached hydrogens (tertiary/aromatic N) is 1. The third-order valence-corrected chi connectivity index (χ3v) is 5.00. The van der Waals surface area contributed by atoms with Gasteiger partial charge in [0.05, 0.1) is 22.8 Å². The summed E-state index contributed by atoms with van der Waals surface area (Å²) in [6.45, 7) is 4.35. The second-order valence-corrected chi connectivity index (χ2v) is 6.22. The van der Waals surface area contributed by atoms with Crippen LogP contribution >= 0.6 is 15.9 Å². The summed E-state index contributed by atoms with van der Waals surface area (Å²) in [5, 5.41) is 0. The van der Waals surface area contributed by atoms with Crippen LogP contribution in [0.25, 0.3) is 0 Å². The van der Waals surface area contributed by atoms with Gasteiger partial charge >= 0.3 is 0 Å². The molecule has 1 aromatic carbocycles. The topological polar surface area (TPSA) is 42.7 Å². The highest BCUT2D eigenvalue weighted by Crippen LogP contribution is 2.38. The minimum absolute atomic E-state index is 0.0494. The number of amides is 1. The van der Waals surface area contributed by atoms with Crippen LogP contribution in [0.5, 0.6) is 5.75 Å². The highest BCUT2D eigenvalue weighted by Gasteiger charge is 2.30. The summed E-state index contributed by atoms with van der Waals surface area (Å²) in [7, 11) is 1.63. The smallest absolute Gasteiger partial charge is 0.263 e. The van der Waals surface area contributed by atoms with Crippen LogP contribution < -0.4 is 9.64 Å². The van der Waals surface area contributed by atoms with Crippen molar-refractivity contribution in [3.8, 4) is 5.75 Å². The molecule has 1 aliphatic heterocycles. The molecule has 22 heavy (non-hydrogen) atoms. The van der Waals surface area contributed by atoms with Crippen molar-refractivity contribution in [2.24, 2.45) is 0 Å². The zero-order valence-corrected chi connectivity index (χ0v) is 14.5. The largest absolute Gasteiger partial charge is 0.495 e. The number of hydrogen-bond acceptors (Lipinski definition) is 3. The molecule has 0 unspecified atom stereocenters. The van der Waals surface area contributed by atoms with Gasteiger partial charge in [-0.05, 0) is 54.2 Å². The molecule has 0 saturated carbocycles. The molecule has 0 atom stereocenters. The summed E-state index contributed by atoms with van der Waals surface area (Å²) in [6.07, 6.45) is 1.90. The number of methoxy groups -OCH3 is 1. The summed E-state index contributed by atoms with van der Waals surface area (Å²) in [4.78, 5) is 14.9. The van der Waals surface area contributed by atoms with Gasteiger partial charge in [0.25, 0.3) is 5.91 Å². The van der Waals surface area contributed by atoms with Gasteiger partial charge in [0.1, 0.15) is 17.3 Å². The van der Waals surface area contributed by atoms with Gasteiger partial charge < -0.3 is 14.1 Å². The molecule has 5 heteroatoms. The van der Waals surface area contributed by atoms with Gasteiger partial charge in [-0.15, -0.1) is 0 Å². The van der Waals surface area contributed by atoms with Gasteiger partial charge in [0, 0.05) is 6.54 Å². The van der Waals surface area contributed by atoms with Crippen LogP contribution in [0, 0.1) is 13.8 Å². The lowest BCUT2D eigenvalue weighted by Gasteiger charge is -2.31. The molecule has 0 aliphatic carbocycles. The van der Waals surface area contributed by atoms with E-state index in [1.165, 1.54) is 0 Å². The summed E-state index contributed by atoms with van der Waals surface area (Å²) < 4.78 is 11.8. The number of carbonyl (C=O) groups excluding carboxylic acids is 1. The number of benzene rings is 1. The van der Waals surface area contributed by atoms with Crippen molar-refractivity contribution in [2.75, 3.05) is 18.6 Å². The van der Waals surface area contributed by atoms with E-state index in [9.17, 15) is 4.79 Å². The van der Waals surface area contributed by atoms with E-state index in [-0.39, 0.29) is 5.91 Å². The molecule has 0 bridgehead atoms. The standard InChI is InChI=1S/C17H18BrNO3/c1-10-14(15(18)11(2)22-10)17(20)19-9-5-7-12-6-4-8-13(21-3)16(12)19/h4,6,8H,5,7,9H2,1-3H3. The molecule has 4 nitrogen and oxygen atoms in total. The van der Waals surface area contributed by atoms with Crippen molar-refractivity contribution in [3.05, 3.63) is 45.3 Å². The van der Waals surface area contributed by atoms with Gasteiger partial charge in [-0.3, -0.25) is 4.79 Å². The predicted molar refractivity (Wildman–Crippen MR) is 88.9 cm³/mol. The molecule has 3 rings (SSSR count). The van der Waals surface area contributed by atoms with Crippen molar-refractivity contribution >= 4 is 27.5 Å². The number of para-hydroxylation sites is 1. The SMILES string of the molecule is COc1cccc2c1N(C(=O)c1c(C)oc(C)c1Br)CCC2. The molecule has 0 radical (unpaired) electrons. The molecule has 0 fully saturated rings.